The predicted octanol–water partition coefficient (Wildman–Crippen LogP) is 2.74. The number of carbonyl (C=O) groups is 2. The molecule has 0 radical (unpaired) electrons. The number of carbonyl (C=O) groups excluding carboxylic acids is 2. The van der Waals surface area contributed by atoms with E-state index in [4.69, 9.17) is 0 Å². The fourth-order valence-electron chi connectivity index (χ4n) is 5.15. The number of fused-ring (bicyclic) bond motifs is 1. The smallest absolute Gasteiger partial charge is 0.243 e. The molecule has 1 aromatic rings. The molecule has 2 amide bonds. The van der Waals surface area contributed by atoms with Gasteiger partial charge in [-0.25, -0.2) is 8.42 Å². The van der Waals surface area contributed by atoms with Gasteiger partial charge in [-0.15, -0.1) is 0 Å². The van der Waals surface area contributed by atoms with Gasteiger partial charge in [-0.1, -0.05) is 12.8 Å². The third-order valence-electron chi connectivity index (χ3n) is 7.20. The van der Waals surface area contributed by atoms with Gasteiger partial charge < -0.3 is 9.80 Å². The van der Waals surface area contributed by atoms with Crippen LogP contribution >= 0.6 is 0 Å². The second-order valence-corrected chi connectivity index (χ2v) is 11.5. The first-order valence-corrected chi connectivity index (χ1v) is 12.8. The molecule has 0 bridgehead atoms. The molecule has 31 heavy (non-hydrogen) atoms. The lowest BCUT2D eigenvalue weighted by atomic mass is 9.86. The third kappa shape index (κ3) is 3.89. The van der Waals surface area contributed by atoms with E-state index in [1.54, 1.807) is 30.1 Å². The van der Waals surface area contributed by atoms with E-state index >= 15 is 0 Å². The molecular formula is C23H33N3O4S. The monoisotopic (exact) mass is 447 g/mol. The number of amides is 2. The lowest BCUT2D eigenvalue weighted by molar-refractivity contribution is -0.136. The van der Waals surface area contributed by atoms with E-state index in [-0.39, 0.29) is 22.6 Å². The van der Waals surface area contributed by atoms with Crippen molar-refractivity contribution in [3.05, 3.63) is 23.8 Å². The Kier molecular flexibility index (Phi) is 5.89. The molecule has 0 saturated carbocycles. The number of piperidine rings is 1. The summed E-state index contributed by atoms with van der Waals surface area (Å²) < 4.78 is 28.1. The number of sulfonamides is 1. The van der Waals surface area contributed by atoms with Crippen LogP contribution in [0, 0.1) is 5.92 Å². The van der Waals surface area contributed by atoms with E-state index in [1.165, 1.54) is 17.1 Å². The molecule has 0 unspecified atom stereocenters. The Morgan fingerprint density at radius 1 is 1.00 bits per heavy atom. The molecule has 8 heteroatoms. The van der Waals surface area contributed by atoms with Crippen LogP contribution in [0.25, 0.3) is 0 Å². The molecule has 1 aromatic carbocycles. The van der Waals surface area contributed by atoms with E-state index in [0.717, 1.165) is 37.2 Å². The van der Waals surface area contributed by atoms with Crippen molar-refractivity contribution in [1.82, 2.24) is 9.21 Å². The molecule has 3 aliphatic rings. The summed E-state index contributed by atoms with van der Waals surface area (Å²) >= 11 is 0. The Labute approximate surface area is 185 Å². The molecule has 3 heterocycles. The summed E-state index contributed by atoms with van der Waals surface area (Å²) in [6.07, 6.45) is 5.61. The zero-order valence-electron chi connectivity index (χ0n) is 18.8. The van der Waals surface area contributed by atoms with E-state index in [1.807, 2.05) is 18.7 Å². The number of hydrogen-bond donors (Lipinski definition) is 0. The normalized spacial score (nSPS) is 23.0. The van der Waals surface area contributed by atoms with Crippen molar-refractivity contribution in [3.63, 3.8) is 0 Å². The van der Waals surface area contributed by atoms with Gasteiger partial charge in [0.05, 0.1) is 10.3 Å². The number of likely N-dealkylation sites (tertiary alicyclic amines) is 1. The summed E-state index contributed by atoms with van der Waals surface area (Å²) in [5, 5.41) is 0. The first-order valence-electron chi connectivity index (χ1n) is 11.4. The highest BCUT2D eigenvalue weighted by Crippen LogP contribution is 2.42. The highest BCUT2D eigenvalue weighted by Gasteiger charge is 2.43. The first-order chi connectivity index (χ1) is 14.6. The van der Waals surface area contributed by atoms with Crippen LogP contribution in [0.2, 0.25) is 0 Å². The van der Waals surface area contributed by atoms with Crippen molar-refractivity contribution < 1.29 is 18.0 Å². The van der Waals surface area contributed by atoms with Gasteiger partial charge in [0, 0.05) is 44.8 Å². The number of hydrogen-bond acceptors (Lipinski definition) is 4. The van der Waals surface area contributed by atoms with Gasteiger partial charge in [0.25, 0.3) is 0 Å². The Balaban J connectivity index is 1.47. The van der Waals surface area contributed by atoms with Crippen LogP contribution < -0.4 is 4.90 Å². The molecule has 0 aliphatic carbocycles. The topological polar surface area (TPSA) is 78.0 Å². The Morgan fingerprint density at radius 3 is 2.23 bits per heavy atom. The van der Waals surface area contributed by atoms with Crippen LogP contribution in [0.1, 0.15) is 57.9 Å². The van der Waals surface area contributed by atoms with Gasteiger partial charge in [0.2, 0.25) is 21.8 Å². The molecular weight excluding hydrogens is 414 g/mol. The summed E-state index contributed by atoms with van der Waals surface area (Å²) in [6, 6.07) is 4.97. The molecule has 4 rings (SSSR count). The van der Waals surface area contributed by atoms with E-state index < -0.39 is 15.4 Å². The number of likely N-dealkylation sites (N-methyl/N-ethyl adjacent to an activating group) is 1. The van der Waals surface area contributed by atoms with Crippen LogP contribution in [0.4, 0.5) is 5.69 Å². The van der Waals surface area contributed by atoms with Crippen molar-refractivity contribution in [2.45, 2.75) is 62.7 Å². The highest BCUT2D eigenvalue weighted by molar-refractivity contribution is 7.89. The van der Waals surface area contributed by atoms with Gasteiger partial charge in [-0.05, 0) is 63.3 Å². The van der Waals surface area contributed by atoms with Gasteiger partial charge in [0.15, 0.2) is 0 Å². The van der Waals surface area contributed by atoms with E-state index in [2.05, 4.69) is 0 Å². The van der Waals surface area contributed by atoms with Crippen LogP contribution in [0.5, 0.6) is 0 Å². The van der Waals surface area contributed by atoms with Crippen molar-refractivity contribution in [2.75, 3.05) is 38.1 Å². The number of nitrogens with zero attached hydrogens (tertiary/aromatic N) is 3. The predicted molar refractivity (Wildman–Crippen MR) is 119 cm³/mol. The minimum absolute atomic E-state index is 0.0371. The van der Waals surface area contributed by atoms with Gasteiger partial charge in [-0.3, -0.25) is 9.59 Å². The third-order valence-corrected chi connectivity index (χ3v) is 9.10. The summed E-state index contributed by atoms with van der Waals surface area (Å²) in [6.45, 7) is 6.02. The summed E-state index contributed by atoms with van der Waals surface area (Å²) in [5.74, 6) is 0.0689. The quantitative estimate of drug-likeness (QED) is 0.714. The Hall–Kier alpha value is -1.93. The SMILES string of the molecule is CN1C(=O)C(C)(C)c2cc(S(=O)(=O)N3CCC(C(=O)N4CCCCCC4)CC3)ccc21. The molecule has 0 N–H and O–H groups in total. The molecule has 170 valence electrons. The second kappa shape index (κ2) is 8.20. The van der Waals surface area contributed by atoms with Crippen LogP contribution in [-0.4, -0.2) is 62.7 Å². The van der Waals surface area contributed by atoms with Crippen LogP contribution in [0.3, 0.4) is 0 Å². The fourth-order valence-corrected chi connectivity index (χ4v) is 6.65. The van der Waals surface area contributed by atoms with Crippen molar-refractivity contribution in [3.8, 4) is 0 Å². The Morgan fingerprint density at radius 2 is 1.61 bits per heavy atom. The average molecular weight is 448 g/mol. The second-order valence-electron chi connectivity index (χ2n) is 9.59. The Bertz CT molecular complexity index is 973. The summed E-state index contributed by atoms with van der Waals surface area (Å²) in [7, 11) is -1.95. The zero-order chi connectivity index (χ0) is 22.4. The molecule has 2 saturated heterocycles. The van der Waals surface area contributed by atoms with Crippen LogP contribution in [-0.2, 0) is 25.0 Å². The number of anilines is 1. The molecule has 0 aromatic heterocycles. The maximum Gasteiger partial charge on any atom is 0.243 e. The van der Waals surface area contributed by atoms with Gasteiger partial charge in [0.1, 0.15) is 0 Å². The lowest BCUT2D eigenvalue weighted by Gasteiger charge is -2.33. The highest BCUT2D eigenvalue weighted by atomic mass is 32.2. The number of rotatable bonds is 3. The van der Waals surface area contributed by atoms with Gasteiger partial charge >= 0.3 is 0 Å². The van der Waals surface area contributed by atoms with E-state index in [0.29, 0.717) is 25.9 Å². The minimum Gasteiger partial charge on any atom is -0.342 e. The van der Waals surface area contributed by atoms with Crippen LogP contribution in [0.15, 0.2) is 23.1 Å². The maximum atomic E-state index is 13.3. The molecule has 0 spiro atoms. The standard InChI is InChI=1S/C23H33N3O4S/c1-23(2)19-16-18(8-9-20(19)24(3)22(23)28)31(29,30)26-14-10-17(11-15-26)21(27)25-12-6-4-5-7-13-25/h8-9,16-17H,4-7,10-15H2,1-3H3. The average Bonchev–Trinajstić information content (AvgIpc) is 2.99. The first kappa shape index (κ1) is 22.3. The lowest BCUT2D eigenvalue weighted by Crippen LogP contribution is -2.44. The number of benzene rings is 1. The minimum atomic E-state index is -3.67. The van der Waals surface area contributed by atoms with E-state index in [9.17, 15) is 18.0 Å². The maximum absolute atomic E-state index is 13.3. The summed E-state index contributed by atoms with van der Waals surface area (Å²) in [5.41, 5.74) is 0.755. The zero-order valence-corrected chi connectivity index (χ0v) is 19.6. The van der Waals surface area contributed by atoms with Crippen molar-refractivity contribution >= 4 is 27.5 Å². The fraction of sp³-hybridized carbons (Fsp3) is 0.652. The van der Waals surface area contributed by atoms with Crippen molar-refractivity contribution in [1.29, 1.82) is 0 Å². The molecule has 2 fully saturated rings. The largest absolute Gasteiger partial charge is 0.342 e. The molecule has 3 aliphatic heterocycles. The molecule has 7 nitrogen and oxygen atoms in total. The molecule has 0 atom stereocenters. The van der Waals surface area contributed by atoms with Crippen molar-refractivity contribution in [2.24, 2.45) is 5.92 Å². The van der Waals surface area contributed by atoms with Gasteiger partial charge in [-0.2, -0.15) is 4.31 Å². The summed E-state index contributed by atoms with van der Waals surface area (Å²) in [4.78, 5) is 29.2.